The maximum absolute atomic E-state index is 11.5. The molecule has 8 heteroatoms. The fourth-order valence-corrected chi connectivity index (χ4v) is 2.45. The van der Waals surface area contributed by atoms with Crippen molar-refractivity contribution in [3.8, 4) is 0 Å². The number of carbonyl (C=O) groups excluding carboxylic acids is 2. The maximum atomic E-state index is 11.5. The quantitative estimate of drug-likeness (QED) is 0.641. The zero-order chi connectivity index (χ0) is 14.5. The summed E-state index contributed by atoms with van der Waals surface area (Å²) in [6.07, 6.45) is 5.27. The lowest BCUT2D eigenvalue weighted by Crippen LogP contribution is -2.10. The first-order valence-electron chi connectivity index (χ1n) is 5.91. The zero-order valence-electron chi connectivity index (χ0n) is 11.1. The number of nitrogens with one attached hydrogen (secondary N) is 1. The summed E-state index contributed by atoms with van der Waals surface area (Å²) in [5.41, 5.74) is 0.0649. The van der Waals surface area contributed by atoms with Gasteiger partial charge in [0.25, 0.3) is 0 Å². The third-order valence-corrected chi connectivity index (χ3v) is 3.64. The maximum Gasteiger partial charge on any atom is 0.358 e. The largest absolute Gasteiger partial charge is 0.464 e. The van der Waals surface area contributed by atoms with E-state index in [1.165, 1.54) is 14.0 Å². The normalized spacial score (nSPS) is 10.3. The van der Waals surface area contributed by atoms with Crippen LogP contribution in [-0.2, 0) is 11.3 Å². The summed E-state index contributed by atoms with van der Waals surface area (Å²) in [5, 5.41) is 3.60. The number of imidazole rings is 1. The first-order valence-corrected chi connectivity index (χ1v) is 6.73. The number of ether oxygens (including phenoxy) is 1. The summed E-state index contributed by atoms with van der Waals surface area (Å²) in [6, 6.07) is 0. The number of hydrogen-bond acceptors (Lipinski definition) is 7. The van der Waals surface area contributed by atoms with E-state index in [0.29, 0.717) is 23.1 Å². The molecule has 0 bridgehead atoms. The molecule has 0 aliphatic rings. The second kappa shape index (κ2) is 6.29. The lowest BCUT2D eigenvalue weighted by atomic mass is 10.3. The molecule has 2 aromatic heterocycles. The van der Waals surface area contributed by atoms with E-state index in [0.717, 1.165) is 11.3 Å². The SMILES string of the molecule is COC(=O)c1nc(NCCn2ccnc2)sc1C(C)=O. The molecule has 0 aliphatic carbocycles. The highest BCUT2D eigenvalue weighted by Crippen LogP contribution is 2.24. The van der Waals surface area contributed by atoms with Crippen LogP contribution in [0.15, 0.2) is 18.7 Å². The first kappa shape index (κ1) is 14.2. The van der Waals surface area contributed by atoms with E-state index in [1.807, 2.05) is 10.8 Å². The lowest BCUT2D eigenvalue weighted by molar-refractivity contribution is 0.0591. The third kappa shape index (κ3) is 3.21. The highest BCUT2D eigenvalue weighted by atomic mass is 32.1. The van der Waals surface area contributed by atoms with Gasteiger partial charge in [-0.25, -0.2) is 14.8 Å². The van der Waals surface area contributed by atoms with Crippen LogP contribution in [0.1, 0.15) is 27.1 Å². The first-order chi connectivity index (χ1) is 9.61. The van der Waals surface area contributed by atoms with Gasteiger partial charge in [0.1, 0.15) is 4.88 Å². The van der Waals surface area contributed by atoms with Gasteiger partial charge in [-0.05, 0) is 0 Å². The van der Waals surface area contributed by atoms with E-state index in [2.05, 4.69) is 20.0 Å². The molecule has 20 heavy (non-hydrogen) atoms. The molecule has 0 saturated heterocycles. The second-order valence-corrected chi connectivity index (χ2v) is 4.97. The Labute approximate surface area is 119 Å². The summed E-state index contributed by atoms with van der Waals surface area (Å²) in [5.74, 6) is -0.806. The Balaban J connectivity index is 2.04. The Hall–Kier alpha value is -2.22. The van der Waals surface area contributed by atoms with Crippen molar-refractivity contribution in [2.24, 2.45) is 0 Å². The van der Waals surface area contributed by atoms with Gasteiger partial charge in [-0.3, -0.25) is 4.79 Å². The van der Waals surface area contributed by atoms with Gasteiger partial charge in [0.15, 0.2) is 16.6 Å². The summed E-state index contributed by atoms with van der Waals surface area (Å²) in [4.78, 5) is 31.4. The fraction of sp³-hybridized carbons (Fsp3) is 0.333. The number of Topliss-reactive ketones (excluding diaryl/α,β-unsaturated/α-hetero) is 1. The van der Waals surface area contributed by atoms with E-state index < -0.39 is 5.97 Å². The predicted molar refractivity (Wildman–Crippen MR) is 74.2 cm³/mol. The van der Waals surface area contributed by atoms with Crippen LogP contribution in [0.5, 0.6) is 0 Å². The molecule has 0 amide bonds. The van der Waals surface area contributed by atoms with Crippen molar-refractivity contribution in [1.29, 1.82) is 0 Å². The van der Waals surface area contributed by atoms with E-state index in [4.69, 9.17) is 0 Å². The second-order valence-electron chi connectivity index (χ2n) is 3.97. The van der Waals surface area contributed by atoms with E-state index in [1.54, 1.807) is 12.5 Å². The van der Waals surface area contributed by atoms with Gasteiger partial charge in [0.2, 0.25) is 0 Å². The van der Waals surface area contributed by atoms with Gasteiger partial charge in [-0.1, -0.05) is 11.3 Å². The molecule has 0 aromatic carbocycles. The molecular formula is C12H14N4O3S. The molecule has 2 aromatic rings. The molecule has 2 heterocycles. The molecule has 106 valence electrons. The van der Waals surface area contributed by atoms with Crippen LogP contribution in [0.2, 0.25) is 0 Å². The Bertz CT molecular complexity index is 606. The van der Waals surface area contributed by atoms with E-state index in [-0.39, 0.29) is 11.5 Å². The Morgan fingerprint density at radius 2 is 2.30 bits per heavy atom. The number of rotatable bonds is 6. The molecule has 1 N–H and O–H groups in total. The van der Waals surface area contributed by atoms with Crippen LogP contribution in [-0.4, -0.2) is 39.9 Å². The molecule has 0 spiro atoms. The number of hydrogen-bond donors (Lipinski definition) is 1. The monoisotopic (exact) mass is 294 g/mol. The van der Waals surface area contributed by atoms with Gasteiger partial charge in [0, 0.05) is 32.4 Å². The van der Waals surface area contributed by atoms with Crippen LogP contribution < -0.4 is 5.32 Å². The van der Waals surface area contributed by atoms with Gasteiger partial charge in [0.05, 0.1) is 13.4 Å². The van der Waals surface area contributed by atoms with Crippen molar-refractivity contribution < 1.29 is 14.3 Å². The molecule has 0 aliphatic heterocycles. The highest BCUT2D eigenvalue weighted by molar-refractivity contribution is 7.17. The average Bonchev–Trinajstić information content (AvgIpc) is 3.07. The number of thiazole rings is 1. The van der Waals surface area contributed by atoms with Crippen LogP contribution in [0, 0.1) is 0 Å². The smallest absolute Gasteiger partial charge is 0.358 e. The van der Waals surface area contributed by atoms with Crippen LogP contribution in [0.4, 0.5) is 5.13 Å². The number of esters is 1. The molecule has 2 rings (SSSR count). The summed E-state index contributed by atoms with van der Waals surface area (Å²) >= 11 is 1.15. The highest BCUT2D eigenvalue weighted by Gasteiger charge is 2.21. The van der Waals surface area contributed by atoms with Crippen LogP contribution >= 0.6 is 11.3 Å². The van der Waals surface area contributed by atoms with Crippen molar-refractivity contribution >= 4 is 28.2 Å². The van der Waals surface area contributed by atoms with Crippen molar-refractivity contribution in [3.63, 3.8) is 0 Å². The number of anilines is 1. The van der Waals surface area contributed by atoms with Crippen molar-refractivity contribution in [3.05, 3.63) is 29.3 Å². The molecular weight excluding hydrogens is 280 g/mol. The summed E-state index contributed by atoms with van der Waals surface area (Å²) < 4.78 is 6.53. The van der Waals surface area contributed by atoms with Crippen LogP contribution in [0.3, 0.4) is 0 Å². The number of nitrogens with zero attached hydrogens (tertiary/aromatic N) is 3. The number of carbonyl (C=O) groups is 2. The van der Waals surface area contributed by atoms with Gasteiger partial charge < -0.3 is 14.6 Å². The van der Waals surface area contributed by atoms with Gasteiger partial charge >= 0.3 is 5.97 Å². The summed E-state index contributed by atoms with van der Waals surface area (Å²) in [6.45, 7) is 2.72. The minimum atomic E-state index is -0.603. The van der Waals surface area contributed by atoms with Crippen LogP contribution in [0.25, 0.3) is 0 Å². The van der Waals surface area contributed by atoms with Crippen molar-refractivity contribution in [2.45, 2.75) is 13.5 Å². The molecule has 0 atom stereocenters. The Morgan fingerprint density at radius 1 is 1.50 bits per heavy atom. The van der Waals surface area contributed by atoms with Gasteiger partial charge in [-0.15, -0.1) is 0 Å². The molecule has 0 radical (unpaired) electrons. The number of aromatic nitrogens is 3. The number of methoxy groups -OCH3 is 1. The molecule has 0 fully saturated rings. The molecule has 0 unspecified atom stereocenters. The zero-order valence-corrected chi connectivity index (χ0v) is 11.9. The standard InChI is InChI=1S/C12H14N4O3S/c1-8(17)10-9(11(18)19-2)15-12(20-10)14-4-6-16-5-3-13-7-16/h3,5,7H,4,6H2,1-2H3,(H,14,15). The third-order valence-electron chi connectivity index (χ3n) is 2.53. The molecule has 7 nitrogen and oxygen atoms in total. The Kier molecular flexibility index (Phi) is 4.46. The number of ketones is 1. The van der Waals surface area contributed by atoms with E-state index in [9.17, 15) is 9.59 Å². The topological polar surface area (TPSA) is 86.1 Å². The van der Waals surface area contributed by atoms with Crippen molar-refractivity contribution in [2.75, 3.05) is 19.0 Å². The Morgan fingerprint density at radius 3 is 2.90 bits per heavy atom. The summed E-state index contributed by atoms with van der Waals surface area (Å²) in [7, 11) is 1.26. The minimum Gasteiger partial charge on any atom is -0.464 e. The van der Waals surface area contributed by atoms with E-state index >= 15 is 0 Å². The fourth-order valence-electron chi connectivity index (χ4n) is 1.58. The van der Waals surface area contributed by atoms with Gasteiger partial charge in [-0.2, -0.15) is 0 Å². The van der Waals surface area contributed by atoms with Crippen molar-refractivity contribution in [1.82, 2.24) is 14.5 Å². The lowest BCUT2D eigenvalue weighted by Gasteiger charge is -2.02. The minimum absolute atomic E-state index is 0.0649. The average molecular weight is 294 g/mol. The predicted octanol–water partition coefficient (Wildman–Crippen LogP) is 1.44. The molecule has 0 saturated carbocycles.